The van der Waals surface area contributed by atoms with Crippen LogP contribution in [0.4, 0.5) is 4.39 Å². The fourth-order valence-electron chi connectivity index (χ4n) is 2.62. The van der Waals surface area contributed by atoms with Gasteiger partial charge in [-0.15, -0.1) is 5.10 Å². The zero-order valence-electron chi connectivity index (χ0n) is 15.1. The van der Waals surface area contributed by atoms with Crippen molar-refractivity contribution < 1.29 is 9.18 Å². The Kier molecular flexibility index (Phi) is 5.22. The predicted molar refractivity (Wildman–Crippen MR) is 98.6 cm³/mol. The van der Waals surface area contributed by atoms with Gasteiger partial charge in [-0.25, -0.2) is 13.9 Å². The van der Waals surface area contributed by atoms with Gasteiger partial charge >= 0.3 is 0 Å². The molecule has 0 saturated heterocycles. The molecule has 0 fully saturated rings. The Morgan fingerprint density at radius 2 is 1.96 bits per heavy atom. The van der Waals surface area contributed by atoms with Gasteiger partial charge in [0.2, 0.25) is 11.1 Å². The summed E-state index contributed by atoms with van der Waals surface area (Å²) in [6.07, 6.45) is 0. The third-order valence-electron chi connectivity index (χ3n) is 4.25. The maximum atomic E-state index is 13.1. The van der Waals surface area contributed by atoms with E-state index in [1.807, 2.05) is 26.8 Å². The Morgan fingerprint density at radius 1 is 1.27 bits per heavy atom. The van der Waals surface area contributed by atoms with Crippen LogP contribution in [0.3, 0.4) is 0 Å². The first-order valence-corrected chi connectivity index (χ1v) is 9.18. The van der Waals surface area contributed by atoms with Gasteiger partial charge in [-0.05, 0) is 44.5 Å². The van der Waals surface area contributed by atoms with Crippen molar-refractivity contribution in [1.29, 1.82) is 0 Å². The van der Waals surface area contributed by atoms with Crippen molar-refractivity contribution in [2.24, 2.45) is 0 Å². The molecular formula is C18H20FN5OS. The number of nitrogens with zero attached hydrogens (tertiary/aromatic N) is 5. The molecule has 3 aromatic rings. The SMILES string of the molecule is Cc1cc(C)n2nc(SCC(=O)N(C)C(C)c3ccc(F)cc3)nc2n1. The van der Waals surface area contributed by atoms with E-state index in [1.165, 1.54) is 23.9 Å². The number of benzene rings is 1. The summed E-state index contributed by atoms with van der Waals surface area (Å²) in [4.78, 5) is 22.8. The molecule has 136 valence electrons. The number of thioether (sulfide) groups is 1. The molecule has 8 heteroatoms. The molecule has 0 spiro atoms. The van der Waals surface area contributed by atoms with Crippen LogP contribution in [-0.2, 0) is 4.79 Å². The standard InChI is InChI=1S/C18H20FN5OS/c1-11-9-12(2)24-17(20-11)21-18(22-24)26-10-16(25)23(4)13(3)14-5-7-15(19)8-6-14/h5-9,13H,10H2,1-4H3. The summed E-state index contributed by atoms with van der Waals surface area (Å²) in [5.41, 5.74) is 2.71. The van der Waals surface area contributed by atoms with Gasteiger partial charge in [-0.3, -0.25) is 4.79 Å². The van der Waals surface area contributed by atoms with Crippen LogP contribution in [0.1, 0.15) is 29.9 Å². The van der Waals surface area contributed by atoms with Crippen molar-refractivity contribution in [3.8, 4) is 0 Å². The summed E-state index contributed by atoms with van der Waals surface area (Å²) < 4.78 is 14.7. The number of aryl methyl sites for hydroxylation is 2. The largest absolute Gasteiger partial charge is 0.338 e. The number of halogens is 1. The number of hydrogen-bond donors (Lipinski definition) is 0. The van der Waals surface area contributed by atoms with E-state index in [2.05, 4.69) is 15.1 Å². The normalized spacial score (nSPS) is 12.3. The molecule has 2 heterocycles. The van der Waals surface area contributed by atoms with E-state index in [0.29, 0.717) is 10.9 Å². The van der Waals surface area contributed by atoms with Crippen LogP contribution in [0.5, 0.6) is 0 Å². The summed E-state index contributed by atoms with van der Waals surface area (Å²) in [5.74, 6) is 0.413. The molecule has 0 aliphatic heterocycles. The molecule has 0 aliphatic carbocycles. The molecule has 1 atom stereocenters. The summed E-state index contributed by atoms with van der Waals surface area (Å²) in [5, 5.41) is 4.91. The zero-order chi connectivity index (χ0) is 18.8. The minimum Gasteiger partial charge on any atom is -0.338 e. The third kappa shape index (κ3) is 3.85. The van der Waals surface area contributed by atoms with Crippen molar-refractivity contribution in [2.75, 3.05) is 12.8 Å². The van der Waals surface area contributed by atoms with Crippen LogP contribution in [0.2, 0.25) is 0 Å². The average Bonchev–Trinajstić information content (AvgIpc) is 3.02. The van der Waals surface area contributed by atoms with E-state index in [1.54, 1.807) is 28.6 Å². The molecule has 6 nitrogen and oxygen atoms in total. The minimum atomic E-state index is -0.289. The maximum absolute atomic E-state index is 13.1. The van der Waals surface area contributed by atoms with Crippen LogP contribution < -0.4 is 0 Å². The summed E-state index contributed by atoms with van der Waals surface area (Å²) in [6, 6.07) is 7.96. The number of amides is 1. The summed E-state index contributed by atoms with van der Waals surface area (Å²) in [6.45, 7) is 5.76. The highest BCUT2D eigenvalue weighted by Gasteiger charge is 2.19. The fourth-order valence-corrected chi connectivity index (χ4v) is 3.36. The molecule has 0 aliphatic rings. The lowest BCUT2D eigenvalue weighted by Crippen LogP contribution is -2.31. The Labute approximate surface area is 155 Å². The quantitative estimate of drug-likeness (QED) is 0.643. The lowest BCUT2D eigenvalue weighted by molar-refractivity contribution is -0.128. The number of hydrogen-bond acceptors (Lipinski definition) is 5. The smallest absolute Gasteiger partial charge is 0.253 e. The molecule has 0 N–H and O–H groups in total. The first kappa shape index (κ1) is 18.3. The van der Waals surface area contributed by atoms with Crippen molar-refractivity contribution in [3.63, 3.8) is 0 Å². The molecule has 3 rings (SSSR count). The Balaban J connectivity index is 1.66. The molecule has 1 aromatic carbocycles. The minimum absolute atomic E-state index is 0.0495. The Bertz CT molecular complexity index is 941. The van der Waals surface area contributed by atoms with Crippen LogP contribution >= 0.6 is 11.8 Å². The highest BCUT2D eigenvalue weighted by atomic mass is 32.2. The second-order valence-electron chi connectivity index (χ2n) is 6.17. The summed E-state index contributed by atoms with van der Waals surface area (Å²) >= 11 is 1.28. The molecule has 1 unspecified atom stereocenters. The first-order chi connectivity index (χ1) is 12.3. The first-order valence-electron chi connectivity index (χ1n) is 8.20. The Morgan fingerprint density at radius 3 is 2.65 bits per heavy atom. The number of carbonyl (C=O) groups is 1. The van der Waals surface area contributed by atoms with Gasteiger partial charge in [0.15, 0.2) is 0 Å². The predicted octanol–water partition coefficient (Wildman–Crippen LogP) is 3.19. The van der Waals surface area contributed by atoms with E-state index < -0.39 is 0 Å². The average molecular weight is 373 g/mol. The van der Waals surface area contributed by atoms with Crippen molar-refractivity contribution in [3.05, 3.63) is 53.1 Å². The monoisotopic (exact) mass is 373 g/mol. The van der Waals surface area contributed by atoms with Crippen molar-refractivity contribution >= 4 is 23.4 Å². The molecule has 26 heavy (non-hydrogen) atoms. The van der Waals surface area contributed by atoms with Gasteiger partial charge in [-0.1, -0.05) is 23.9 Å². The van der Waals surface area contributed by atoms with Gasteiger partial charge in [0, 0.05) is 18.4 Å². The van der Waals surface area contributed by atoms with Crippen molar-refractivity contribution in [1.82, 2.24) is 24.5 Å². The highest BCUT2D eigenvalue weighted by Crippen LogP contribution is 2.21. The van der Waals surface area contributed by atoms with Gasteiger partial charge < -0.3 is 4.90 Å². The highest BCUT2D eigenvalue weighted by molar-refractivity contribution is 7.99. The number of fused-ring (bicyclic) bond motifs is 1. The lowest BCUT2D eigenvalue weighted by Gasteiger charge is -2.25. The van der Waals surface area contributed by atoms with Crippen molar-refractivity contribution in [2.45, 2.75) is 32.0 Å². The number of aromatic nitrogens is 4. The molecule has 0 saturated carbocycles. The van der Waals surface area contributed by atoms with Crippen LogP contribution in [0, 0.1) is 19.7 Å². The van der Waals surface area contributed by atoms with Crippen LogP contribution in [0.15, 0.2) is 35.5 Å². The zero-order valence-corrected chi connectivity index (χ0v) is 15.9. The Hall–Kier alpha value is -2.48. The molecule has 1 amide bonds. The lowest BCUT2D eigenvalue weighted by atomic mass is 10.1. The van der Waals surface area contributed by atoms with Gasteiger partial charge in [0.05, 0.1) is 11.8 Å². The molecule has 0 radical (unpaired) electrons. The molecular weight excluding hydrogens is 353 g/mol. The van der Waals surface area contributed by atoms with Gasteiger partial charge in [0.1, 0.15) is 5.82 Å². The molecule has 2 aromatic heterocycles. The third-order valence-corrected chi connectivity index (χ3v) is 5.07. The van der Waals surface area contributed by atoms with E-state index in [4.69, 9.17) is 0 Å². The topological polar surface area (TPSA) is 63.4 Å². The fraction of sp³-hybridized carbons (Fsp3) is 0.333. The van der Waals surface area contributed by atoms with E-state index in [0.717, 1.165) is 17.0 Å². The summed E-state index contributed by atoms with van der Waals surface area (Å²) in [7, 11) is 1.74. The maximum Gasteiger partial charge on any atom is 0.253 e. The van der Waals surface area contributed by atoms with Gasteiger partial charge in [-0.2, -0.15) is 4.98 Å². The van der Waals surface area contributed by atoms with Crippen LogP contribution in [-0.4, -0.2) is 43.2 Å². The van der Waals surface area contributed by atoms with E-state index >= 15 is 0 Å². The second-order valence-corrected chi connectivity index (χ2v) is 7.11. The number of rotatable bonds is 5. The van der Waals surface area contributed by atoms with E-state index in [-0.39, 0.29) is 23.5 Å². The van der Waals surface area contributed by atoms with E-state index in [9.17, 15) is 9.18 Å². The number of carbonyl (C=O) groups excluding carboxylic acids is 1. The second kappa shape index (κ2) is 7.41. The van der Waals surface area contributed by atoms with Gasteiger partial charge in [0.25, 0.3) is 5.78 Å². The van der Waals surface area contributed by atoms with Crippen LogP contribution in [0.25, 0.3) is 5.78 Å². The molecule has 0 bridgehead atoms.